The summed E-state index contributed by atoms with van der Waals surface area (Å²) < 4.78 is 2.00. The van der Waals surface area contributed by atoms with Crippen LogP contribution in [0.25, 0.3) is 0 Å². The lowest BCUT2D eigenvalue weighted by Gasteiger charge is -2.29. The summed E-state index contributed by atoms with van der Waals surface area (Å²) in [5.41, 5.74) is 3.63. The Morgan fingerprint density at radius 1 is 1.19 bits per heavy atom. The Morgan fingerprint density at radius 2 is 2.04 bits per heavy atom. The molecule has 0 bridgehead atoms. The van der Waals surface area contributed by atoms with E-state index in [2.05, 4.69) is 20.6 Å². The van der Waals surface area contributed by atoms with Gasteiger partial charge in [-0.1, -0.05) is 11.6 Å². The van der Waals surface area contributed by atoms with Gasteiger partial charge in [-0.05, 0) is 43.5 Å². The van der Waals surface area contributed by atoms with E-state index in [9.17, 15) is 4.79 Å². The van der Waals surface area contributed by atoms with Crippen LogP contribution >= 0.6 is 11.6 Å². The van der Waals surface area contributed by atoms with Gasteiger partial charge in [-0.2, -0.15) is 5.10 Å². The van der Waals surface area contributed by atoms with E-state index in [4.69, 9.17) is 11.6 Å². The van der Waals surface area contributed by atoms with Crippen molar-refractivity contribution < 1.29 is 4.79 Å². The molecule has 26 heavy (non-hydrogen) atoms. The quantitative estimate of drug-likeness (QED) is 0.864. The van der Waals surface area contributed by atoms with Gasteiger partial charge in [-0.3, -0.25) is 9.48 Å². The highest BCUT2D eigenvalue weighted by atomic mass is 35.5. The second kappa shape index (κ2) is 7.68. The van der Waals surface area contributed by atoms with E-state index in [0.717, 1.165) is 49.8 Å². The number of halogens is 1. The van der Waals surface area contributed by atoms with Crippen LogP contribution in [-0.2, 0) is 19.6 Å². The number of hydrogen-bond donors (Lipinski definition) is 2. The number of nitrogens with zero attached hydrogens (tertiary/aromatic N) is 3. The van der Waals surface area contributed by atoms with Gasteiger partial charge in [0.25, 0.3) is 5.91 Å². The van der Waals surface area contributed by atoms with Crippen molar-refractivity contribution in [2.45, 2.75) is 38.9 Å². The number of rotatable bonds is 4. The maximum absolute atomic E-state index is 12.7. The molecule has 1 fully saturated rings. The fourth-order valence-corrected chi connectivity index (χ4v) is 3.84. The Labute approximate surface area is 158 Å². The van der Waals surface area contributed by atoms with Gasteiger partial charge in [-0.15, -0.1) is 0 Å². The summed E-state index contributed by atoms with van der Waals surface area (Å²) in [6.45, 7) is 5.11. The van der Waals surface area contributed by atoms with Gasteiger partial charge >= 0.3 is 0 Å². The molecule has 138 valence electrons. The lowest BCUT2D eigenvalue weighted by atomic mass is 10.1. The predicted octanol–water partition coefficient (Wildman–Crippen LogP) is 2.56. The maximum Gasteiger partial charge on any atom is 0.253 e. The minimum absolute atomic E-state index is 0.155. The molecule has 1 amide bonds. The molecule has 2 aliphatic rings. The van der Waals surface area contributed by atoms with Crippen molar-refractivity contribution >= 4 is 23.2 Å². The van der Waals surface area contributed by atoms with Gasteiger partial charge in [0, 0.05) is 31.9 Å². The Hall–Kier alpha value is -2.05. The number of carbonyl (C=O) groups excluding carboxylic acids is 1. The van der Waals surface area contributed by atoms with Crippen molar-refractivity contribution in [1.29, 1.82) is 0 Å². The van der Waals surface area contributed by atoms with Crippen LogP contribution in [-0.4, -0.2) is 35.3 Å². The van der Waals surface area contributed by atoms with Gasteiger partial charge < -0.3 is 15.5 Å². The zero-order valence-corrected chi connectivity index (χ0v) is 15.6. The summed E-state index contributed by atoms with van der Waals surface area (Å²) in [6, 6.07) is 7.77. The number of benzene rings is 1. The average Bonchev–Trinajstić information content (AvgIpc) is 3.10. The molecular formula is C19H24ClN5O. The van der Waals surface area contributed by atoms with Crippen molar-refractivity contribution in [2.75, 3.05) is 24.5 Å². The van der Waals surface area contributed by atoms with Crippen LogP contribution in [0.3, 0.4) is 0 Å². The molecule has 0 aliphatic carbocycles. The molecule has 6 nitrogen and oxygen atoms in total. The molecule has 1 aromatic carbocycles. The van der Waals surface area contributed by atoms with Crippen LogP contribution in [0.15, 0.2) is 24.3 Å². The Balaban J connectivity index is 1.44. The minimum atomic E-state index is -0.155. The van der Waals surface area contributed by atoms with Crippen LogP contribution in [0, 0.1) is 0 Å². The molecule has 4 rings (SSSR count). The van der Waals surface area contributed by atoms with Gasteiger partial charge in [0.1, 0.15) is 0 Å². The number of piperidine rings is 1. The van der Waals surface area contributed by atoms with E-state index in [0.29, 0.717) is 17.1 Å². The van der Waals surface area contributed by atoms with Crippen molar-refractivity contribution in [2.24, 2.45) is 0 Å². The molecule has 0 atom stereocenters. The van der Waals surface area contributed by atoms with Crippen LogP contribution in [0.1, 0.15) is 41.0 Å². The lowest BCUT2D eigenvalue weighted by molar-refractivity contribution is 0.0950. The predicted molar refractivity (Wildman–Crippen MR) is 103 cm³/mol. The molecule has 1 saturated heterocycles. The van der Waals surface area contributed by atoms with E-state index in [1.807, 2.05) is 28.9 Å². The highest BCUT2D eigenvalue weighted by Crippen LogP contribution is 2.25. The average molecular weight is 374 g/mol. The van der Waals surface area contributed by atoms with Crippen molar-refractivity contribution in [3.05, 3.63) is 46.2 Å². The summed E-state index contributed by atoms with van der Waals surface area (Å²) in [6.07, 6.45) is 3.68. The van der Waals surface area contributed by atoms with E-state index < -0.39 is 0 Å². The number of aromatic nitrogens is 2. The number of nitrogens with one attached hydrogen (secondary N) is 2. The smallest absolute Gasteiger partial charge is 0.253 e. The molecule has 0 saturated carbocycles. The first-order valence-electron chi connectivity index (χ1n) is 9.30. The lowest BCUT2D eigenvalue weighted by Crippen LogP contribution is -2.30. The zero-order chi connectivity index (χ0) is 17.9. The standard InChI is InChI=1S/C19H24ClN5O/c20-18-5-4-15(24-7-2-1-3-8-24)11-17(18)19(26)22-12-14-10-16-13-21-6-9-25(16)23-14/h4-5,10-11,21H,1-3,6-9,12-13H2,(H,22,26). The molecule has 1 aromatic heterocycles. The van der Waals surface area contributed by atoms with E-state index >= 15 is 0 Å². The Morgan fingerprint density at radius 3 is 2.85 bits per heavy atom. The summed E-state index contributed by atoms with van der Waals surface area (Å²) in [4.78, 5) is 15.0. The van der Waals surface area contributed by atoms with Crippen LogP contribution in [0.4, 0.5) is 5.69 Å². The van der Waals surface area contributed by atoms with E-state index in [1.54, 1.807) is 0 Å². The number of hydrogen-bond acceptors (Lipinski definition) is 4. The summed E-state index contributed by atoms with van der Waals surface area (Å²) >= 11 is 6.29. The molecule has 0 unspecified atom stereocenters. The second-order valence-electron chi connectivity index (χ2n) is 6.92. The van der Waals surface area contributed by atoms with Crippen LogP contribution in [0.5, 0.6) is 0 Å². The van der Waals surface area contributed by atoms with Crippen molar-refractivity contribution in [3.8, 4) is 0 Å². The monoisotopic (exact) mass is 373 g/mol. The Bertz CT molecular complexity index is 774. The third-order valence-electron chi connectivity index (χ3n) is 5.07. The fourth-order valence-electron chi connectivity index (χ4n) is 3.64. The van der Waals surface area contributed by atoms with Gasteiger partial charge in [0.05, 0.1) is 35.1 Å². The van der Waals surface area contributed by atoms with Gasteiger partial charge in [0.15, 0.2) is 0 Å². The summed E-state index contributed by atoms with van der Waals surface area (Å²) in [5.74, 6) is -0.155. The normalized spacial score (nSPS) is 17.0. The first kappa shape index (κ1) is 17.4. The molecule has 2 N–H and O–H groups in total. The highest BCUT2D eigenvalue weighted by molar-refractivity contribution is 6.34. The number of fused-ring (bicyclic) bond motifs is 1. The maximum atomic E-state index is 12.7. The van der Waals surface area contributed by atoms with E-state index in [1.165, 1.54) is 19.3 Å². The Kier molecular flexibility index (Phi) is 5.13. The number of amides is 1. The van der Waals surface area contributed by atoms with Crippen molar-refractivity contribution in [3.63, 3.8) is 0 Å². The molecule has 7 heteroatoms. The fraction of sp³-hybridized carbons (Fsp3) is 0.474. The third-order valence-corrected chi connectivity index (χ3v) is 5.40. The third kappa shape index (κ3) is 3.71. The van der Waals surface area contributed by atoms with Crippen molar-refractivity contribution in [1.82, 2.24) is 20.4 Å². The molecular weight excluding hydrogens is 350 g/mol. The molecule has 3 heterocycles. The largest absolute Gasteiger partial charge is 0.372 e. The zero-order valence-electron chi connectivity index (χ0n) is 14.8. The minimum Gasteiger partial charge on any atom is -0.372 e. The van der Waals surface area contributed by atoms with Gasteiger partial charge in [0.2, 0.25) is 0 Å². The molecule has 0 radical (unpaired) electrons. The number of carbonyl (C=O) groups is 1. The second-order valence-corrected chi connectivity index (χ2v) is 7.33. The number of anilines is 1. The SMILES string of the molecule is O=C(NCc1cc2n(n1)CCNC2)c1cc(N2CCCCC2)ccc1Cl. The first-order chi connectivity index (χ1) is 12.7. The van der Waals surface area contributed by atoms with Crippen LogP contribution < -0.4 is 15.5 Å². The summed E-state index contributed by atoms with van der Waals surface area (Å²) in [7, 11) is 0. The topological polar surface area (TPSA) is 62.2 Å². The van der Waals surface area contributed by atoms with Gasteiger partial charge in [-0.25, -0.2) is 0 Å². The summed E-state index contributed by atoms with van der Waals surface area (Å²) in [5, 5.41) is 11.3. The highest BCUT2D eigenvalue weighted by Gasteiger charge is 2.17. The first-order valence-corrected chi connectivity index (χ1v) is 9.67. The molecule has 2 aromatic rings. The van der Waals surface area contributed by atoms with E-state index in [-0.39, 0.29) is 5.91 Å². The molecule has 0 spiro atoms. The van der Waals surface area contributed by atoms with Crippen LogP contribution in [0.2, 0.25) is 5.02 Å². The molecule has 2 aliphatic heterocycles.